The van der Waals surface area contributed by atoms with Crippen LogP contribution < -0.4 is 11.1 Å². The number of nitrogen functional groups attached to an aromatic ring is 1. The zero-order chi connectivity index (χ0) is 14.7. The van der Waals surface area contributed by atoms with Crippen molar-refractivity contribution in [2.24, 2.45) is 11.8 Å². The van der Waals surface area contributed by atoms with Crippen LogP contribution in [0.1, 0.15) is 62.6 Å². The van der Waals surface area contributed by atoms with Gasteiger partial charge in [0, 0.05) is 6.04 Å². The molecule has 3 atom stereocenters. The highest BCUT2D eigenvalue weighted by atomic mass is 16.2. The molecule has 0 radical (unpaired) electrons. The Morgan fingerprint density at radius 2 is 2.20 bits per heavy atom. The van der Waals surface area contributed by atoms with E-state index in [-0.39, 0.29) is 11.9 Å². The first kappa shape index (κ1) is 14.9. The molecule has 1 aliphatic carbocycles. The third-order valence-corrected chi connectivity index (χ3v) is 4.35. The van der Waals surface area contributed by atoms with Crippen LogP contribution in [0.3, 0.4) is 0 Å². The van der Waals surface area contributed by atoms with Crippen molar-refractivity contribution in [3.05, 3.63) is 11.4 Å². The number of nitrogens with one attached hydrogen (secondary N) is 2. The lowest BCUT2D eigenvalue weighted by molar-refractivity contribution is 0.0895. The van der Waals surface area contributed by atoms with Gasteiger partial charge in [-0.25, -0.2) is 0 Å². The molecular weight excluding hydrogens is 252 g/mol. The fraction of sp³-hybridized carbons (Fsp3) is 0.733. The number of aromatic amines is 1. The number of aromatic nitrogens is 2. The molecule has 0 spiro atoms. The van der Waals surface area contributed by atoms with Gasteiger partial charge in [0.1, 0.15) is 0 Å². The van der Waals surface area contributed by atoms with Crippen molar-refractivity contribution in [2.45, 2.75) is 58.9 Å². The Bertz CT molecular complexity index is 468. The van der Waals surface area contributed by atoms with Crippen LogP contribution in [0.25, 0.3) is 0 Å². The molecule has 112 valence electrons. The maximum atomic E-state index is 12.3. The molecule has 1 aromatic heterocycles. The average molecular weight is 278 g/mol. The summed E-state index contributed by atoms with van der Waals surface area (Å²) < 4.78 is 0. The number of hydrogen-bond donors (Lipinski definition) is 3. The summed E-state index contributed by atoms with van der Waals surface area (Å²) in [5.41, 5.74) is 7.71. The van der Waals surface area contributed by atoms with Crippen LogP contribution in [0.15, 0.2) is 0 Å². The first-order valence-corrected chi connectivity index (χ1v) is 7.66. The molecule has 1 fully saturated rings. The third-order valence-electron chi connectivity index (χ3n) is 4.35. The van der Waals surface area contributed by atoms with Crippen molar-refractivity contribution in [1.29, 1.82) is 0 Å². The lowest BCUT2D eigenvalue weighted by Crippen LogP contribution is -2.42. The Morgan fingerprint density at radius 3 is 2.85 bits per heavy atom. The van der Waals surface area contributed by atoms with Crippen LogP contribution in [0, 0.1) is 11.8 Å². The molecule has 0 bridgehead atoms. The summed E-state index contributed by atoms with van der Waals surface area (Å²) in [5.74, 6) is 1.12. The van der Waals surface area contributed by atoms with Gasteiger partial charge in [-0.05, 0) is 37.5 Å². The van der Waals surface area contributed by atoms with Crippen molar-refractivity contribution in [3.63, 3.8) is 0 Å². The van der Waals surface area contributed by atoms with E-state index in [1.165, 1.54) is 12.8 Å². The summed E-state index contributed by atoms with van der Waals surface area (Å²) >= 11 is 0. The summed E-state index contributed by atoms with van der Waals surface area (Å²) in [4.78, 5) is 12.3. The van der Waals surface area contributed by atoms with Crippen molar-refractivity contribution >= 4 is 11.6 Å². The van der Waals surface area contributed by atoms with E-state index < -0.39 is 0 Å². The number of aryl methyl sites for hydroxylation is 1. The topological polar surface area (TPSA) is 83.8 Å². The van der Waals surface area contributed by atoms with Gasteiger partial charge in [0.05, 0.1) is 11.4 Å². The van der Waals surface area contributed by atoms with Crippen molar-refractivity contribution < 1.29 is 4.79 Å². The molecule has 1 aliphatic rings. The molecule has 1 aromatic rings. The highest BCUT2D eigenvalue weighted by Gasteiger charge is 2.28. The fourth-order valence-corrected chi connectivity index (χ4v) is 3.12. The second-order valence-corrected chi connectivity index (χ2v) is 6.19. The summed E-state index contributed by atoms with van der Waals surface area (Å²) in [6, 6.07) is 0.240. The Balaban J connectivity index is 2.01. The van der Waals surface area contributed by atoms with Gasteiger partial charge in [0.25, 0.3) is 5.91 Å². The van der Waals surface area contributed by atoms with Gasteiger partial charge in [-0.1, -0.05) is 27.2 Å². The molecule has 5 heteroatoms. The Hall–Kier alpha value is -1.52. The zero-order valence-electron chi connectivity index (χ0n) is 12.7. The Kier molecular flexibility index (Phi) is 4.68. The standard InChI is InChI=1S/C15H26N4O/c1-4-5-12-13(16)14(19-18-12)15(20)17-11-7-6-9(2)8-10(11)3/h9-11H,4-8,16H2,1-3H3,(H,17,20)(H,18,19). The number of rotatable bonds is 4. The molecule has 2 rings (SSSR count). The monoisotopic (exact) mass is 278 g/mol. The van der Waals surface area contributed by atoms with E-state index in [4.69, 9.17) is 5.73 Å². The van der Waals surface area contributed by atoms with E-state index in [2.05, 4.69) is 36.3 Å². The normalized spacial score (nSPS) is 26.4. The van der Waals surface area contributed by atoms with Gasteiger partial charge in [0.15, 0.2) is 5.69 Å². The SMILES string of the molecule is CCCc1[nH]nc(C(=O)NC2CCC(C)CC2C)c1N. The Labute approximate surface area is 120 Å². The minimum Gasteiger partial charge on any atom is -0.395 e. The van der Waals surface area contributed by atoms with Gasteiger partial charge in [0.2, 0.25) is 0 Å². The van der Waals surface area contributed by atoms with Crippen molar-refractivity contribution in [2.75, 3.05) is 5.73 Å². The summed E-state index contributed by atoms with van der Waals surface area (Å²) in [6.45, 7) is 6.55. The van der Waals surface area contributed by atoms with E-state index in [1.807, 2.05) is 0 Å². The predicted octanol–water partition coefficient (Wildman–Crippen LogP) is 2.50. The molecule has 3 unspecified atom stereocenters. The molecule has 0 aliphatic heterocycles. The fourth-order valence-electron chi connectivity index (χ4n) is 3.12. The van der Waals surface area contributed by atoms with E-state index >= 15 is 0 Å². The zero-order valence-corrected chi connectivity index (χ0v) is 12.7. The van der Waals surface area contributed by atoms with Crippen LogP contribution in [-0.2, 0) is 6.42 Å². The number of carbonyl (C=O) groups is 1. The van der Waals surface area contributed by atoms with Gasteiger partial charge < -0.3 is 11.1 Å². The number of hydrogen-bond acceptors (Lipinski definition) is 3. The highest BCUT2D eigenvalue weighted by molar-refractivity contribution is 5.97. The smallest absolute Gasteiger partial charge is 0.274 e. The number of H-pyrrole nitrogens is 1. The number of anilines is 1. The number of carbonyl (C=O) groups excluding carboxylic acids is 1. The lowest BCUT2D eigenvalue weighted by atomic mass is 9.80. The molecule has 5 nitrogen and oxygen atoms in total. The molecule has 1 heterocycles. The molecule has 0 saturated heterocycles. The molecule has 1 saturated carbocycles. The highest BCUT2D eigenvalue weighted by Crippen LogP contribution is 2.29. The molecule has 4 N–H and O–H groups in total. The first-order valence-electron chi connectivity index (χ1n) is 7.66. The quantitative estimate of drug-likeness (QED) is 0.791. The lowest BCUT2D eigenvalue weighted by Gasteiger charge is -2.32. The number of nitrogens with two attached hydrogens (primary N) is 1. The van der Waals surface area contributed by atoms with E-state index in [9.17, 15) is 4.79 Å². The maximum Gasteiger partial charge on any atom is 0.274 e. The van der Waals surface area contributed by atoms with Gasteiger partial charge in [-0.15, -0.1) is 0 Å². The van der Waals surface area contributed by atoms with E-state index in [1.54, 1.807) is 0 Å². The second kappa shape index (κ2) is 6.29. The third kappa shape index (κ3) is 3.14. The molecule has 0 aromatic carbocycles. The van der Waals surface area contributed by atoms with Crippen LogP contribution in [0.5, 0.6) is 0 Å². The second-order valence-electron chi connectivity index (χ2n) is 6.19. The van der Waals surface area contributed by atoms with Crippen LogP contribution in [0.2, 0.25) is 0 Å². The Morgan fingerprint density at radius 1 is 1.45 bits per heavy atom. The van der Waals surface area contributed by atoms with Crippen LogP contribution >= 0.6 is 0 Å². The summed E-state index contributed by atoms with van der Waals surface area (Å²) in [7, 11) is 0. The average Bonchev–Trinajstić information content (AvgIpc) is 2.75. The number of amides is 1. The van der Waals surface area contributed by atoms with Crippen LogP contribution in [-0.4, -0.2) is 22.1 Å². The van der Waals surface area contributed by atoms with E-state index in [0.29, 0.717) is 17.3 Å². The number of nitrogens with zero attached hydrogens (tertiary/aromatic N) is 1. The summed E-state index contributed by atoms with van der Waals surface area (Å²) in [5, 5.41) is 10.1. The predicted molar refractivity (Wildman–Crippen MR) is 80.4 cm³/mol. The van der Waals surface area contributed by atoms with Gasteiger partial charge in [-0.2, -0.15) is 5.10 Å². The minimum atomic E-state index is -0.146. The van der Waals surface area contributed by atoms with Gasteiger partial charge >= 0.3 is 0 Å². The molecule has 20 heavy (non-hydrogen) atoms. The molecular formula is C15H26N4O. The van der Waals surface area contributed by atoms with Crippen molar-refractivity contribution in [3.8, 4) is 0 Å². The maximum absolute atomic E-state index is 12.3. The minimum absolute atomic E-state index is 0.146. The summed E-state index contributed by atoms with van der Waals surface area (Å²) in [6.07, 6.45) is 5.18. The molecule has 1 amide bonds. The first-order chi connectivity index (χ1) is 9.52. The van der Waals surface area contributed by atoms with E-state index in [0.717, 1.165) is 30.9 Å². The van der Waals surface area contributed by atoms with Crippen LogP contribution in [0.4, 0.5) is 5.69 Å². The largest absolute Gasteiger partial charge is 0.395 e. The van der Waals surface area contributed by atoms with Gasteiger partial charge in [-0.3, -0.25) is 9.89 Å². The van der Waals surface area contributed by atoms with Crippen molar-refractivity contribution in [1.82, 2.24) is 15.5 Å².